The zero-order valence-corrected chi connectivity index (χ0v) is 16.6. The minimum atomic E-state index is -2.89. The first-order valence-electron chi connectivity index (χ1n) is 8.97. The van der Waals surface area contributed by atoms with Gasteiger partial charge in [0, 0.05) is 6.92 Å². The van der Waals surface area contributed by atoms with Crippen LogP contribution in [0.5, 0.6) is 0 Å². The molecule has 9 heteroatoms. The summed E-state index contributed by atoms with van der Waals surface area (Å²) in [7, 11) is 0. The molecule has 2 aromatic rings. The summed E-state index contributed by atoms with van der Waals surface area (Å²) in [6, 6.07) is 15.9. The Hall–Kier alpha value is -2.97. The van der Waals surface area contributed by atoms with Gasteiger partial charge in [-0.1, -0.05) is 48.0 Å². The number of ether oxygens (including phenoxy) is 4. The number of hydrogen-bond donors (Lipinski definition) is 0. The van der Waals surface area contributed by atoms with Gasteiger partial charge in [0.25, 0.3) is 11.4 Å². The largest absolute Gasteiger partial charge is 0.459 e. The highest BCUT2D eigenvalue weighted by Gasteiger charge is 2.61. The molecule has 158 valence electrons. The molecule has 1 saturated heterocycles. The van der Waals surface area contributed by atoms with Gasteiger partial charge in [0.05, 0.1) is 11.1 Å². The number of benzene rings is 2. The highest BCUT2D eigenvalue weighted by atomic mass is 35.5. The maximum Gasteiger partial charge on any atom is 0.338 e. The quantitative estimate of drug-likeness (QED) is 0.390. The van der Waals surface area contributed by atoms with Crippen LogP contribution in [0.25, 0.3) is 0 Å². The van der Waals surface area contributed by atoms with Crippen LogP contribution in [0.4, 0.5) is 4.39 Å². The van der Waals surface area contributed by atoms with Gasteiger partial charge < -0.3 is 18.9 Å². The topological polar surface area (TPSA) is 88.1 Å². The molecule has 3 rings (SSSR count). The van der Waals surface area contributed by atoms with Crippen molar-refractivity contribution in [2.45, 2.75) is 30.5 Å². The average Bonchev–Trinajstić information content (AvgIpc) is 2.96. The molecule has 0 spiro atoms. The summed E-state index contributed by atoms with van der Waals surface area (Å²) in [6.45, 7) is 0.556. The zero-order valence-electron chi connectivity index (χ0n) is 15.8. The molecule has 0 aromatic heterocycles. The maximum atomic E-state index is 15.2. The molecular formula is C21H18ClFO7. The van der Waals surface area contributed by atoms with Crippen molar-refractivity contribution < 1.29 is 37.7 Å². The molecule has 0 aliphatic carbocycles. The molecule has 4 atom stereocenters. The Bertz CT molecular complexity index is 904. The molecule has 1 unspecified atom stereocenters. The number of alkyl halides is 2. The Balaban J connectivity index is 1.76. The fourth-order valence-electron chi connectivity index (χ4n) is 2.81. The molecule has 2 aromatic carbocycles. The summed E-state index contributed by atoms with van der Waals surface area (Å²) in [6.07, 6.45) is -4.87. The van der Waals surface area contributed by atoms with Crippen LogP contribution in [0.2, 0.25) is 0 Å². The predicted octanol–water partition coefficient (Wildman–Crippen LogP) is 3.26. The van der Waals surface area contributed by atoms with Crippen molar-refractivity contribution in [1.29, 1.82) is 0 Å². The van der Waals surface area contributed by atoms with E-state index in [-0.39, 0.29) is 11.1 Å². The normalized spacial score (nSPS) is 25.4. The van der Waals surface area contributed by atoms with E-state index < -0.39 is 48.1 Å². The molecule has 1 fully saturated rings. The summed E-state index contributed by atoms with van der Waals surface area (Å²) >= 11 is 5.92. The molecular weight excluding hydrogens is 419 g/mol. The van der Waals surface area contributed by atoms with Crippen LogP contribution < -0.4 is 0 Å². The van der Waals surface area contributed by atoms with Gasteiger partial charge in [0.2, 0.25) is 0 Å². The fraction of sp³-hybridized carbons (Fsp3) is 0.286. The van der Waals surface area contributed by atoms with Crippen molar-refractivity contribution in [3.8, 4) is 0 Å². The molecule has 1 aliphatic heterocycles. The van der Waals surface area contributed by atoms with Gasteiger partial charge in [-0.05, 0) is 24.3 Å². The van der Waals surface area contributed by atoms with Gasteiger partial charge in [0.1, 0.15) is 12.7 Å². The van der Waals surface area contributed by atoms with E-state index in [1.807, 2.05) is 0 Å². The van der Waals surface area contributed by atoms with Gasteiger partial charge in [-0.3, -0.25) is 4.79 Å². The molecule has 0 saturated carbocycles. The smallest absolute Gasteiger partial charge is 0.338 e. The van der Waals surface area contributed by atoms with Crippen molar-refractivity contribution in [2.75, 3.05) is 6.61 Å². The number of carbonyl (C=O) groups excluding carboxylic acids is 3. The second-order valence-corrected chi connectivity index (χ2v) is 7.03. The van der Waals surface area contributed by atoms with Crippen LogP contribution in [0, 0.1) is 0 Å². The standard InChI is InChI=1S/C21H18ClFO7/c1-13(24)28-20-21(22,23)17(30-19(26)15-10-6-3-7-11-15)16(29-20)12-27-18(25)14-8-4-2-5-9-14/h2-11,16-17,20H,12H2,1H3/t16-,17+,20?,21+/m0/s1. The summed E-state index contributed by atoms with van der Waals surface area (Å²) in [4.78, 5) is 35.9. The minimum absolute atomic E-state index is 0.154. The second-order valence-electron chi connectivity index (χ2n) is 6.45. The lowest BCUT2D eigenvalue weighted by molar-refractivity contribution is -0.186. The first-order valence-corrected chi connectivity index (χ1v) is 9.35. The van der Waals surface area contributed by atoms with Crippen LogP contribution in [0.15, 0.2) is 60.7 Å². The van der Waals surface area contributed by atoms with Crippen molar-refractivity contribution in [1.82, 2.24) is 0 Å². The van der Waals surface area contributed by atoms with E-state index in [9.17, 15) is 14.4 Å². The molecule has 1 aliphatic rings. The molecule has 30 heavy (non-hydrogen) atoms. The van der Waals surface area contributed by atoms with E-state index in [1.165, 1.54) is 24.3 Å². The average molecular weight is 437 g/mol. The summed E-state index contributed by atoms with van der Waals surface area (Å²) in [5.41, 5.74) is 0.420. The highest BCUT2D eigenvalue weighted by molar-refractivity contribution is 6.24. The van der Waals surface area contributed by atoms with E-state index in [1.54, 1.807) is 36.4 Å². The molecule has 0 N–H and O–H groups in total. The van der Waals surface area contributed by atoms with E-state index in [4.69, 9.17) is 30.5 Å². The number of hydrogen-bond acceptors (Lipinski definition) is 7. The lowest BCUT2D eigenvalue weighted by Crippen LogP contribution is -2.44. The Morgan fingerprint density at radius 1 is 0.967 bits per heavy atom. The molecule has 7 nitrogen and oxygen atoms in total. The van der Waals surface area contributed by atoms with Crippen LogP contribution in [-0.4, -0.2) is 48.1 Å². The van der Waals surface area contributed by atoms with Gasteiger partial charge >= 0.3 is 17.9 Å². The zero-order chi connectivity index (χ0) is 21.7. The lowest BCUT2D eigenvalue weighted by Gasteiger charge is -2.24. The van der Waals surface area contributed by atoms with Crippen LogP contribution in [-0.2, 0) is 23.7 Å². The Labute approximate surface area is 176 Å². The minimum Gasteiger partial charge on any atom is -0.459 e. The molecule has 0 bridgehead atoms. The molecule has 1 heterocycles. The van der Waals surface area contributed by atoms with Gasteiger partial charge in [-0.2, -0.15) is 0 Å². The lowest BCUT2D eigenvalue weighted by atomic mass is 10.1. The van der Waals surface area contributed by atoms with Crippen molar-refractivity contribution in [3.05, 3.63) is 71.8 Å². The van der Waals surface area contributed by atoms with Crippen LogP contribution >= 0.6 is 11.6 Å². The fourth-order valence-corrected chi connectivity index (χ4v) is 3.10. The van der Waals surface area contributed by atoms with E-state index in [2.05, 4.69) is 0 Å². The third kappa shape index (κ3) is 4.95. The van der Waals surface area contributed by atoms with E-state index >= 15 is 4.39 Å². The highest BCUT2D eigenvalue weighted by Crippen LogP contribution is 2.41. The summed E-state index contributed by atoms with van der Waals surface area (Å²) in [5.74, 6) is -2.41. The van der Waals surface area contributed by atoms with Crippen LogP contribution in [0.3, 0.4) is 0 Å². The Morgan fingerprint density at radius 3 is 2.03 bits per heavy atom. The summed E-state index contributed by atoms with van der Waals surface area (Å²) < 4.78 is 35.7. The van der Waals surface area contributed by atoms with Gasteiger partial charge in [-0.15, -0.1) is 0 Å². The van der Waals surface area contributed by atoms with Crippen molar-refractivity contribution in [2.24, 2.45) is 0 Å². The molecule has 0 amide bonds. The monoisotopic (exact) mass is 436 g/mol. The third-order valence-electron chi connectivity index (χ3n) is 4.23. The number of rotatable bonds is 6. The Morgan fingerprint density at radius 2 is 1.50 bits per heavy atom. The molecule has 0 radical (unpaired) electrons. The van der Waals surface area contributed by atoms with Crippen molar-refractivity contribution in [3.63, 3.8) is 0 Å². The SMILES string of the molecule is CC(=O)OC1O[C@@H](COC(=O)c2ccccc2)[C@@H](OC(=O)c2ccccc2)[C@]1(F)Cl. The number of halogens is 2. The van der Waals surface area contributed by atoms with E-state index in [0.29, 0.717) is 0 Å². The van der Waals surface area contributed by atoms with Gasteiger partial charge in [-0.25, -0.2) is 14.0 Å². The first kappa shape index (κ1) is 21.7. The predicted molar refractivity (Wildman–Crippen MR) is 102 cm³/mol. The summed E-state index contributed by atoms with van der Waals surface area (Å²) in [5, 5.41) is -2.89. The first-order chi connectivity index (χ1) is 14.3. The number of carbonyl (C=O) groups is 3. The second kappa shape index (κ2) is 9.23. The van der Waals surface area contributed by atoms with Crippen molar-refractivity contribution >= 4 is 29.5 Å². The number of esters is 3. The third-order valence-corrected chi connectivity index (χ3v) is 4.63. The van der Waals surface area contributed by atoms with Crippen LogP contribution in [0.1, 0.15) is 27.6 Å². The Kier molecular flexibility index (Phi) is 6.69. The van der Waals surface area contributed by atoms with Gasteiger partial charge in [0.15, 0.2) is 6.10 Å². The van der Waals surface area contributed by atoms with E-state index in [0.717, 1.165) is 6.92 Å². The maximum absolute atomic E-state index is 15.2.